The summed E-state index contributed by atoms with van der Waals surface area (Å²) in [6, 6.07) is 2.04. The molecule has 0 saturated heterocycles. The summed E-state index contributed by atoms with van der Waals surface area (Å²) in [5, 5.41) is 5.52. The SMILES string of the molecule is CNc1nccc2c1=CC=CCC=2. The molecule has 0 atom stereocenters. The lowest BCUT2D eigenvalue weighted by Crippen LogP contribution is -2.27. The van der Waals surface area contributed by atoms with Crippen LogP contribution < -0.4 is 15.8 Å². The molecule has 1 heterocycles. The topological polar surface area (TPSA) is 24.9 Å². The standard InChI is InChI=1S/C11H12N2/c1-12-11-10-6-4-2-3-5-9(10)7-8-13-11/h2,4-8H,3H2,1H3,(H,12,13). The number of fused-ring (bicyclic) bond motifs is 1. The molecule has 1 aromatic rings. The van der Waals surface area contributed by atoms with Gasteiger partial charge in [-0.15, -0.1) is 0 Å². The third kappa shape index (κ3) is 1.47. The molecule has 0 aliphatic heterocycles. The van der Waals surface area contributed by atoms with Crippen molar-refractivity contribution in [3.63, 3.8) is 0 Å². The van der Waals surface area contributed by atoms with Crippen LogP contribution >= 0.6 is 0 Å². The average molecular weight is 172 g/mol. The molecule has 0 aromatic carbocycles. The third-order valence-corrected chi connectivity index (χ3v) is 2.13. The van der Waals surface area contributed by atoms with E-state index >= 15 is 0 Å². The summed E-state index contributed by atoms with van der Waals surface area (Å²) in [5.74, 6) is 0.945. The Morgan fingerprint density at radius 1 is 1.46 bits per heavy atom. The van der Waals surface area contributed by atoms with Gasteiger partial charge in [0.05, 0.1) is 0 Å². The molecule has 2 nitrogen and oxygen atoms in total. The highest BCUT2D eigenvalue weighted by molar-refractivity contribution is 5.52. The minimum Gasteiger partial charge on any atom is -0.373 e. The summed E-state index contributed by atoms with van der Waals surface area (Å²) in [5.41, 5.74) is 0. The van der Waals surface area contributed by atoms with Crippen LogP contribution in [0.3, 0.4) is 0 Å². The summed E-state index contributed by atoms with van der Waals surface area (Å²) < 4.78 is 0. The van der Waals surface area contributed by atoms with Crippen molar-refractivity contribution >= 4 is 18.0 Å². The molecule has 1 N–H and O–H groups in total. The van der Waals surface area contributed by atoms with Gasteiger partial charge in [-0.05, 0) is 17.7 Å². The number of rotatable bonds is 1. The van der Waals surface area contributed by atoms with E-state index in [1.807, 2.05) is 19.3 Å². The zero-order valence-corrected chi connectivity index (χ0v) is 7.62. The third-order valence-electron chi connectivity index (χ3n) is 2.13. The molecule has 0 spiro atoms. The normalized spacial score (nSPS) is 13.6. The van der Waals surface area contributed by atoms with E-state index in [-0.39, 0.29) is 0 Å². The minimum atomic E-state index is 0.945. The lowest BCUT2D eigenvalue weighted by molar-refractivity contribution is 1.24. The fraction of sp³-hybridized carbons (Fsp3) is 0.182. The number of pyridine rings is 1. The Kier molecular flexibility index (Phi) is 2.13. The highest BCUT2D eigenvalue weighted by atomic mass is 14.9. The molecule has 0 bridgehead atoms. The molecule has 1 aliphatic carbocycles. The zero-order valence-electron chi connectivity index (χ0n) is 7.62. The van der Waals surface area contributed by atoms with Crippen LogP contribution in [0.15, 0.2) is 24.4 Å². The van der Waals surface area contributed by atoms with E-state index < -0.39 is 0 Å². The first-order chi connectivity index (χ1) is 6.42. The van der Waals surface area contributed by atoms with E-state index in [9.17, 15) is 0 Å². The maximum Gasteiger partial charge on any atom is 0.133 e. The molecule has 0 amide bonds. The van der Waals surface area contributed by atoms with Gasteiger partial charge >= 0.3 is 0 Å². The Balaban J connectivity index is 2.78. The molecule has 66 valence electrons. The van der Waals surface area contributed by atoms with E-state index in [0.717, 1.165) is 12.2 Å². The number of hydrogen-bond donors (Lipinski definition) is 1. The van der Waals surface area contributed by atoms with E-state index in [2.05, 4.69) is 34.6 Å². The van der Waals surface area contributed by atoms with Gasteiger partial charge in [-0.3, -0.25) is 0 Å². The van der Waals surface area contributed by atoms with Crippen LogP contribution in [0.1, 0.15) is 6.42 Å². The number of hydrogen-bond acceptors (Lipinski definition) is 2. The van der Waals surface area contributed by atoms with Crippen molar-refractivity contribution in [3.05, 3.63) is 34.9 Å². The maximum absolute atomic E-state index is 4.26. The Labute approximate surface area is 77.3 Å². The van der Waals surface area contributed by atoms with Crippen molar-refractivity contribution in [2.75, 3.05) is 12.4 Å². The van der Waals surface area contributed by atoms with Gasteiger partial charge in [0.1, 0.15) is 5.82 Å². The van der Waals surface area contributed by atoms with Crippen molar-refractivity contribution in [2.24, 2.45) is 0 Å². The first-order valence-electron chi connectivity index (χ1n) is 4.41. The molecule has 0 fully saturated rings. The van der Waals surface area contributed by atoms with Crippen molar-refractivity contribution in [1.82, 2.24) is 4.98 Å². The molecule has 0 unspecified atom stereocenters. The zero-order chi connectivity index (χ0) is 9.10. The summed E-state index contributed by atoms with van der Waals surface area (Å²) in [7, 11) is 1.89. The van der Waals surface area contributed by atoms with E-state index in [4.69, 9.17) is 0 Å². The molecule has 13 heavy (non-hydrogen) atoms. The van der Waals surface area contributed by atoms with Gasteiger partial charge in [0.2, 0.25) is 0 Å². The second-order valence-corrected chi connectivity index (χ2v) is 2.95. The van der Waals surface area contributed by atoms with E-state index in [0.29, 0.717) is 0 Å². The number of nitrogens with one attached hydrogen (secondary N) is 1. The van der Waals surface area contributed by atoms with Gasteiger partial charge in [0.25, 0.3) is 0 Å². The van der Waals surface area contributed by atoms with Crippen molar-refractivity contribution in [2.45, 2.75) is 6.42 Å². The summed E-state index contributed by atoms with van der Waals surface area (Å²) in [6.07, 6.45) is 11.3. The lowest BCUT2D eigenvalue weighted by atomic mass is 10.2. The lowest BCUT2D eigenvalue weighted by Gasteiger charge is -1.99. The molecular formula is C11H12N2. The smallest absolute Gasteiger partial charge is 0.133 e. The number of nitrogens with zero attached hydrogens (tertiary/aromatic N) is 1. The van der Waals surface area contributed by atoms with Crippen molar-refractivity contribution in [3.8, 4) is 0 Å². The Bertz CT molecular complexity index is 444. The fourth-order valence-electron chi connectivity index (χ4n) is 1.48. The van der Waals surface area contributed by atoms with E-state index in [1.54, 1.807) is 0 Å². The van der Waals surface area contributed by atoms with Crippen molar-refractivity contribution in [1.29, 1.82) is 0 Å². The second-order valence-electron chi connectivity index (χ2n) is 2.95. The summed E-state index contributed by atoms with van der Waals surface area (Å²) >= 11 is 0. The van der Waals surface area contributed by atoms with Gasteiger partial charge in [0, 0.05) is 18.5 Å². The van der Waals surface area contributed by atoms with Crippen LogP contribution in [0.5, 0.6) is 0 Å². The quantitative estimate of drug-likeness (QED) is 0.672. The average Bonchev–Trinajstić information content (AvgIpc) is 2.41. The van der Waals surface area contributed by atoms with Gasteiger partial charge in [-0.1, -0.05) is 24.3 Å². The highest BCUT2D eigenvalue weighted by Crippen LogP contribution is 1.92. The van der Waals surface area contributed by atoms with Gasteiger partial charge in [-0.25, -0.2) is 4.98 Å². The van der Waals surface area contributed by atoms with Crippen LogP contribution in [-0.2, 0) is 0 Å². The highest BCUT2D eigenvalue weighted by Gasteiger charge is 1.94. The Hall–Kier alpha value is -1.57. The molecule has 2 heteroatoms. The van der Waals surface area contributed by atoms with Gasteiger partial charge in [0.15, 0.2) is 0 Å². The van der Waals surface area contributed by atoms with Crippen LogP contribution in [0, 0.1) is 0 Å². The molecule has 0 radical (unpaired) electrons. The number of aromatic nitrogens is 1. The predicted molar refractivity (Wildman–Crippen MR) is 55.7 cm³/mol. The number of anilines is 1. The van der Waals surface area contributed by atoms with Gasteiger partial charge < -0.3 is 5.32 Å². The first-order valence-corrected chi connectivity index (χ1v) is 4.41. The molecular weight excluding hydrogens is 160 g/mol. The molecule has 2 rings (SSSR count). The van der Waals surface area contributed by atoms with Crippen LogP contribution in [0.2, 0.25) is 0 Å². The molecule has 0 saturated carbocycles. The molecule has 1 aliphatic rings. The maximum atomic E-state index is 4.26. The molecule has 1 aromatic heterocycles. The second kappa shape index (κ2) is 3.44. The Morgan fingerprint density at radius 2 is 2.38 bits per heavy atom. The largest absolute Gasteiger partial charge is 0.373 e. The summed E-state index contributed by atoms with van der Waals surface area (Å²) in [4.78, 5) is 4.26. The van der Waals surface area contributed by atoms with Crippen LogP contribution in [0.4, 0.5) is 5.82 Å². The minimum absolute atomic E-state index is 0.945. The first kappa shape index (κ1) is 8.05. The number of allylic oxidation sites excluding steroid dienone is 2. The van der Waals surface area contributed by atoms with Crippen LogP contribution in [0.25, 0.3) is 12.2 Å². The van der Waals surface area contributed by atoms with Gasteiger partial charge in [-0.2, -0.15) is 0 Å². The fourth-order valence-corrected chi connectivity index (χ4v) is 1.48. The Morgan fingerprint density at radius 3 is 3.23 bits per heavy atom. The predicted octanol–water partition coefficient (Wildman–Crippen LogP) is 0.644. The monoisotopic (exact) mass is 172 g/mol. The van der Waals surface area contributed by atoms with E-state index in [1.165, 1.54) is 10.4 Å². The van der Waals surface area contributed by atoms with Crippen molar-refractivity contribution < 1.29 is 0 Å². The van der Waals surface area contributed by atoms with Crippen LogP contribution in [-0.4, -0.2) is 12.0 Å². The summed E-state index contributed by atoms with van der Waals surface area (Å²) in [6.45, 7) is 0.